The Morgan fingerprint density at radius 1 is 0.850 bits per heavy atom. The fourth-order valence-electron chi connectivity index (χ4n) is 4.11. The molecule has 0 unspecified atom stereocenters. The van der Waals surface area contributed by atoms with E-state index in [4.69, 9.17) is 4.74 Å². The number of rotatable bonds is 10. The van der Waals surface area contributed by atoms with Gasteiger partial charge in [-0.25, -0.2) is 8.42 Å². The Labute approximate surface area is 234 Å². The van der Waals surface area contributed by atoms with E-state index in [1.165, 1.54) is 19.2 Å². The van der Waals surface area contributed by atoms with Crippen LogP contribution in [0, 0.1) is 6.92 Å². The molecule has 0 aliphatic rings. The maximum absolute atomic E-state index is 13.7. The van der Waals surface area contributed by atoms with Gasteiger partial charge < -0.3 is 15.4 Å². The molecule has 2 N–H and O–H groups in total. The number of aryl methyl sites for hydroxylation is 1. The van der Waals surface area contributed by atoms with Gasteiger partial charge in [0.2, 0.25) is 5.91 Å². The highest BCUT2D eigenvalue weighted by atomic mass is 32.2. The minimum atomic E-state index is -4.10. The lowest BCUT2D eigenvalue weighted by Gasteiger charge is -2.24. The maximum atomic E-state index is 13.7. The molecule has 4 rings (SSSR count). The Balaban J connectivity index is 1.58. The lowest BCUT2D eigenvalue weighted by molar-refractivity contribution is -0.114. The highest BCUT2D eigenvalue weighted by molar-refractivity contribution is 7.92. The van der Waals surface area contributed by atoms with Crippen LogP contribution in [-0.4, -0.2) is 33.9 Å². The van der Waals surface area contributed by atoms with Gasteiger partial charge in [0.1, 0.15) is 12.3 Å². The second kappa shape index (κ2) is 12.5. The molecule has 8 nitrogen and oxygen atoms in total. The van der Waals surface area contributed by atoms with Crippen molar-refractivity contribution < 1.29 is 22.7 Å². The average molecular weight is 558 g/mol. The molecule has 4 aromatic rings. The van der Waals surface area contributed by atoms with Crippen LogP contribution in [0.15, 0.2) is 108 Å². The molecule has 0 fully saturated rings. The van der Waals surface area contributed by atoms with Gasteiger partial charge in [-0.05, 0) is 67.9 Å². The van der Waals surface area contributed by atoms with Gasteiger partial charge in [-0.2, -0.15) is 0 Å². The summed E-state index contributed by atoms with van der Waals surface area (Å²) in [5.74, 6) is -0.431. The molecule has 2 amide bonds. The number of nitrogens with one attached hydrogen (secondary N) is 2. The van der Waals surface area contributed by atoms with E-state index in [1.807, 2.05) is 44.2 Å². The lowest BCUT2D eigenvalue weighted by atomic mass is 10.1. The van der Waals surface area contributed by atoms with Crippen LogP contribution in [0.2, 0.25) is 0 Å². The van der Waals surface area contributed by atoms with Crippen LogP contribution < -0.4 is 19.7 Å². The first kappa shape index (κ1) is 28.4. The third-order valence-electron chi connectivity index (χ3n) is 6.35. The number of methoxy groups -OCH3 is 1. The summed E-state index contributed by atoms with van der Waals surface area (Å²) in [6, 6.07) is 28.7. The normalized spacial score (nSPS) is 11.8. The topological polar surface area (TPSA) is 105 Å². The number of amides is 2. The van der Waals surface area contributed by atoms with E-state index in [0.29, 0.717) is 11.4 Å². The monoisotopic (exact) mass is 557 g/mol. The molecule has 0 aliphatic heterocycles. The summed E-state index contributed by atoms with van der Waals surface area (Å²) in [4.78, 5) is 26.5. The van der Waals surface area contributed by atoms with E-state index in [9.17, 15) is 18.0 Å². The van der Waals surface area contributed by atoms with Crippen molar-refractivity contribution in [2.75, 3.05) is 23.3 Å². The van der Waals surface area contributed by atoms with E-state index in [2.05, 4.69) is 10.6 Å². The predicted molar refractivity (Wildman–Crippen MR) is 156 cm³/mol. The Morgan fingerprint density at radius 2 is 1.48 bits per heavy atom. The molecule has 0 aliphatic carbocycles. The smallest absolute Gasteiger partial charge is 0.264 e. The van der Waals surface area contributed by atoms with Crippen LogP contribution in [0.4, 0.5) is 11.4 Å². The minimum Gasteiger partial charge on any atom is -0.497 e. The van der Waals surface area contributed by atoms with Crippen LogP contribution in [0.3, 0.4) is 0 Å². The van der Waals surface area contributed by atoms with Crippen molar-refractivity contribution in [2.24, 2.45) is 0 Å². The number of ether oxygens (including phenoxy) is 1. The highest BCUT2D eigenvalue weighted by Gasteiger charge is 2.28. The molecule has 0 bridgehead atoms. The zero-order valence-corrected chi connectivity index (χ0v) is 23.3. The third-order valence-corrected chi connectivity index (χ3v) is 8.14. The first-order valence-corrected chi connectivity index (χ1v) is 14.1. The molecule has 0 radical (unpaired) electrons. The summed E-state index contributed by atoms with van der Waals surface area (Å²) in [7, 11) is -2.59. The lowest BCUT2D eigenvalue weighted by Crippen LogP contribution is -2.38. The van der Waals surface area contributed by atoms with Crippen LogP contribution in [-0.2, 0) is 14.8 Å². The molecule has 40 heavy (non-hydrogen) atoms. The first-order valence-electron chi connectivity index (χ1n) is 12.7. The molecule has 0 saturated heterocycles. The van der Waals surface area contributed by atoms with E-state index < -0.39 is 22.5 Å². The summed E-state index contributed by atoms with van der Waals surface area (Å²) in [5.41, 5.74) is 2.67. The van der Waals surface area contributed by atoms with E-state index in [1.54, 1.807) is 60.7 Å². The van der Waals surface area contributed by atoms with Gasteiger partial charge in [0, 0.05) is 0 Å². The van der Waals surface area contributed by atoms with E-state index in [-0.39, 0.29) is 28.1 Å². The van der Waals surface area contributed by atoms with Gasteiger partial charge in [0.05, 0.1) is 35.0 Å². The summed E-state index contributed by atoms with van der Waals surface area (Å²) in [6.45, 7) is 3.22. The Bertz CT molecular complexity index is 1570. The Hall–Kier alpha value is -4.63. The van der Waals surface area contributed by atoms with Crippen molar-refractivity contribution in [3.05, 3.63) is 120 Å². The van der Waals surface area contributed by atoms with Gasteiger partial charge in [0.25, 0.3) is 15.9 Å². The first-order chi connectivity index (χ1) is 19.2. The van der Waals surface area contributed by atoms with Crippen LogP contribution in [0.1, 0.15) is 34.5 Å². The minimum absolute atomic E-state index is 0.0522. The van der Waals surface area contributed by atoms with E-state index >= 15 is 0 Å². The SMILES string of the molecule is COc1ccc(N(CC(=O)Nc2ccccc2C(=O)N[C@@H](C)c2ccccc2)S(=O)(=O)c2ccc(C)cc2)cc1. The van der Waals surface area contributed by atoms with Crippen molar-refractivity contribution in [1.29, 1.82) is 0 Å². The molecule has 0 spiro atoms. The third kappa shape index (κ3) is 6.68. The zero-order valence-electron chi connectivity index (χ0n) is 22.5. The molecule has 0 heterocycles. The van der Waals surface area contributed by atoms with Crippen LogP contribution in [0.25, 0.3) is 0 Å². The molecular formula is C31H31N3O5S. The van der Waals surface area contributed by atoms with Crippen molar-refractivity contribution in [2.45, 2.75) is 24.8 Å². The second-order valence-corrected chi connectivity index (χ2v) is 11.1. The predicted octanol–water partition coefficient (Wildman–Crippen LogP) is 5.33. The fourth-order valence-corrected chi connectivity index (χ4v) is 5.53. The number of hydrogen-bond acceptors (Lipinski definition) is 5. The summed E-state index contributed by atoms with van der Waals surface area (Å²) < 4.78 is 33.6. The fraction of sp³-hybridized carbons (Fsp3) is 0.161. The largest absolute Gasteiger partial charge is 0.497 e. The summed E-state index contributed by atoms with van der Waals surface area (Å²) in [5, 5.41) is 5.67. The second-order valence-electron chi connectivity index (χ2n) is 9.22. The van der Waals surface area contributed by atoms with E-state index in [0.717, 1.165) is 15.4 Å². The number of sulfonamides is 1. The van der Waals surface area contributed by atoms with Crippen molar-refractivity contribution >= 4 is 33.2 Å². The molecule has 0 saturated carbocycles. The van der Waals surface area contributed by atoms with Gasteiger partial charge in [-0.1, -0.05) is 60.2 Å². The number of carbonyl (C=O) groups excluding carboxylic acids is 2. The standard InChI is InChI=1S/C31H31N3O5S/c1-22-13-19-27(20-14-22)40(37,38)34(25-15-17-26(39-3)18-16-25)21-30(35)33-29-12-8-7-11-28(29)31(36)32-23(2)24-9-5-4-6-10-24/h4-20,23H,21H2,1-3H3,(H,32,36)(H,33,35)/t23-/m0/s1. The quantitative estimate of drug-likeness (QED) is 0.274. The van der Waals surface area contributed by atoms with Gasteiger partial charge in [0.15, 0.2) is 0 Å². The van der Waals surface area contributed by atoms with Crippen molar-refractivity contribution in [3.63, 3.8) is 0 Å². The molecule has 9 heteroatoms. The number of anilines is 2. The molecular weight excluding hydrogens is 526 g/mol. The van der Waals surface area contributed by atoms with Gasteiger partial charge in [-0.15, -0.1) is 0 Å². The van der Waals surface area contributed by atoms with Crippen molar-refractivity contribution in [1.82, 2.24) is 5.32 Å². The number of carbonyl (C=O) groups is 2. The van der Waals surface area contributed by atoms with Crippen molar-refractivity contribution in [3.8, 4) is 5.75 Å². The molecule has 4 aromatic carbocycles. The number of nitrogens with zero attached hydrogens (tertiary/aromatic N) is 1. The van der Waals surface area contributed by atoms with Gasteiger partial charge >= 0.3 is 0 Å². The van der Waals surface area contributed by atoms with Crippen LogP contribution in [0.5, 0.6) is 5.75 Å². The molecule has 1 atom stereocenters. The maximum Gasteiger partial charge on any atom is 0.264 e. The Morgan fingerprint density at radius 3 is 2.12 bits per heavy atom. The number of benzene rings is 4. The van der Waals surface area contributed by atoms with Gasteiger partial charge in [-0.3, -0.25) is 13.9 Å². The zero-order chi connectivity index (χ0) is 28.7. The average Bonchev–Trinajstić information content (AvgIpc) is 2.97. The molecule has 0 aromatic heterocycles. The number of hydrogen-bond donors (Lipinski definition) is 2. The van der Waals surface area contributed by atoms with Crippen LogP contribution >= 0.6 is 0 Å². The molecule has 206 valence electrons. The highest BCUT2D eigenvalue weighted by Crippen LogP contribution is 2.26. The number of para-hydroxylation sites is 1. The Kier molecular flexibility index (Phi) is 8.86. The summed E-state index contributed by atoms with van der Waals surface area (Å²) in [6.07, 6.45) is 0. The summed E-state index contributed by atoms with van der Waals surface area (Å²) >= 11 is 0.